The molecule has 0 aliphatic rings. The summed E-state index contributed by atoms with van der Waals surface area (Å²) in [7, 11) is 3.10. The van der Waals surface area contributed by atoms with E-state index in [1.807, 2.05) is 31.2 Å². The minimum absolute atomic E-state index is 0.0711. The monoisotopic (exact) mass is 417 g/mol. The molecule has 0 fully saturated rings. The maximum atomic E-state index is 12.1. The van der Waals surface area contributed by atoms with Gasteiger partial charge in [-0.15, -0.1) is 0 Å². The Bertz CT molecular complexity index is 1260. The van der Waals surface area contributed by atoms with E-state index in [4.69, 9.17) is 9.47 Å². The molecule has 4 rings (SSSR count). The van der Waals surface area contributed by atoms with Crippen LogP contribution in [0.1, 0.15) is 21.5 Å². The third-order valence-electron chi connectivity index (χ3n) is 4.75. The SMILES string of the molecule is COc1ccc(C(=O)c2ccccc2)c(O)c1.COc1cccc2c(C)cc(=O)[nH]c12. The van der Waals surface area contributed by atoms with Crippen LogP contribution in [0, 0.1) is 6.92 Å². The number of ether oxygens (including phenoxy) is 2. The maximum Gasteiger partial charge on any atom is 0.248 e. The quantitative estimate of drug-likeness (QED) is 0.478. The number of carbonyl (C=O) groups is 1. The average Bonchev–Trinajstić information content (AvgIpc) is 2.79. The number of hydrogen-bond donors (Lipinski definition) is 2. The topological polar surface area (TPSA) is 88.6 Å². The van der Waals surface area contributed by atoms with Crippen LogP contribution >= 0.6 is 0 Å². The number of para-hydroxylation sites is 1. The van der Waals surface area contributed by atoms with Gasteiger partial charge >= 0.3 is 0 Å². The first-order valence-electron chi connectivity index (χ1n) is 9.58. The summed E-state index contributed by atoms with van der Waals surface area (Å²) in [4.78, 5) is 26.1. The van der Waals surface area contributed by atoms with Crippen molar-refractivity contribution >= 4 is 16.7 Å². The van der Waals surface area contributed by atoms with Crippen LogP contribution in [0.15, 0.2) is 77.6 Å². The van der Waals surface area contributed by atoms with E-state index < -0.39 is 0 Å². The lowest BCUT2D eigenvalue weighted by molar-refractivity contribution is 0.103. The number of nitrogens with one attached hydrogen (secondary N) is 1. The van der Waals surface area contributed by atoms with Crippen molar-refractivity contribution in [2.75, 3.05) is 14.2 Å². The van der Waals surface area contributed by atoms with E-state index >= 15 is 0 Å². The summed E-state index contributed by atoms with van der Waals surface area (Å²) in [6, 6.07) is 20.8. The van der Waals surface area contributed by atoms with Crippen molar-refractivity contribution in [1.29, 1.82) is 0 Å². The lowest BCUT2D eigenvalue weighted by atomic mass is 10.0. The molecule has 0 aliphatic heterocycles. The predicted molar refractivity (Wildman–Crippen MR) is 120 cm³/mol. The van der Waals surface area contributed by atoms with Crippen LogP contribution in [-0.2, 0) is 0 Å². The van der Waals surface area contributed by atoms with Crippen molar-refractivity contribution in [3.05, 3.63) is 99.8 Å². The number of hydrogen-bond acceptors (Lipinski definition) is 5. The van der Waals surface area contributed by atoms with Gasteiger partial charge in [-0.2, -0.15) is 0 Å². The van der Waals surface area contributed by atoms with E-state index in [1.54, 1.807) is 49.6 Å². The number of methoxy groups -OCH3 is 2. The molecule has 4 aromatic rings. The Hall–Kier alpha value is -4.06. The zero-order valence-electron chi connectivity index (χ0n) is 17.5. The average molecular weight is 417 g/mol. The predicted octanol–water partition coefficient (Wildman–Crippen LogP) is 4.48. The Morgan fingerprint density at radius 2 is 1.65 bits per heavy atom. The second kappa shape index (κ2) is 9.63. The van der Waals surface area contributed by atoms with Gasteiger partial charge < -0.3 is 19.6 Å². The highest BCUT2D eigenvalue weighted by atomic mass is 16.5. The fourth-order valence-corrected chi connectivity index (χ4v) is 3.17. The van der Waals surface area contributed by atoms with Crippen molar-refractivity contribution in [3.63, 3.8) is 0 Å². The molecule has 2 N–H and O–H groups in total. The zero-order chi connectivity index (χ0) is 22.4. The summed E-state index contributed by atoms with van der Waals surface area (Å²) in [5.74, 6) is 0.944. The fraction of sp³-hybridized carbons (Fsp3) is 0.120. The number of phenols is 1. The molecular formula is C25H23NO5. The fourth-order valence-electron chi connectivity index (χ4n) is 3.17. The number of benzene rings is 3. The molecule has 0 atom stereocenters. The molecule has 0 unspecified atom stereocenters. The van der Waals surface area contributed by atoms with Gasteiger partial charge in [-0.05, 0) is 30.7 Å². The number of phenolic OH excluding ortho intramolecular Hbond substituents is 1. The lowest BCUT2D eigenvalue weighted by Crippen LogP contribution is -2.05. The van der Waals surface area contributed by atoms with Crippen LogP contribution in [0.2, 0.25) is 0 Å². The summed E-state index contributed by atoms with van der Waals surface area (Å²) < 4.78 is 10.1. The summed E-state index contributed by atoms with van der Waals surface area (Å²) in [6.45, 7) is 1.91. The number of aryl methyl sites for hydroxylation is 1. The molecule has 6 nitrogen and oxygen atoms in total. The second-order valence-corrected chi connectivity index (χ2v) is 6.78. The number of ketones is 1. The van der Waals surface area contributed by atoms with Gasteiger partial charge in [0, 0.05) is 23.1 Å². The number of aromatic nitrogens is 1. The van der Waals surface area contributed by atoms with Crippen LogP contribution in [0.3, 0.4) is 0 Å². The van der Waals surface area contributed by atoms with Gasteiger partial charge in [0.25, 0.3) is 0 Å². The van der Waals surface area contributed by atoms with Gasteiger partial charge in [0.1, 0.15) is 17.2 Å². The van der Waals surface area contributed by atoms with Gasteiger partial charge in [0.2, 0.25) is 5.56 Å². The second-order valence-electron chi connectivity index (χ2n) is 6.78. The third-order valence-corrected chi connectivity index (χ3v) is 4.75. The number of carbonyl (C=O) groups excluding carboxylic acids is 1. The first-order valence-corrected chi connectivity index (χ1v) is 9.58. The molecule has 0 bridgehead atoms. The largest absolute Gasteiger partial charge is 0.507 e. The number of H-pyrrole nitrogens is 1. The summed E-state index contributed by atoms with van der Waals surface area (Å²) >= 11 is 0. The van der Waals surface area contributed by atoms with Gasteiger partial charge in [-0.3, -0.25) is 9.59 Å². The minimum atomic E-state index is -0.203. The van der Waals surface area contributed by atoms with Gasteiger partial charge in [-0.1, -0.05) is 42.5 Å². The molecule has 6 heteroatoms. The van der Waals surface area contributed by atoms with Crippen molar-refractivity contribution in [1.82, 2.24) is 4.98 Å². The highest BCUT2D eigenvalue weighted by Gasteiger charge is 2.13. The molecule has 31 heavy (non-hydrogen) atoms. The van der Waals surface area contributed by atoms with Gasteiger partial charge in [0.05, 0.1) is 25.3 Å². The number of rotatable bonds is 4. The van der Waals surface area contributed by atoms with E-state index in [9.17, 15) is 14.7 Å². The normalized spacial score (nSPS) is 10.2. The van der Waals surface area contributed by atoms with Gasteiger partial charge in [0.15, 0.2) is 5.78 Å². The standard InChI is InChI=1S/C14H12O3.C11H11NO2/c1-17-11-7-8-12(13(15)9-11)14(16)10-5-3-2-4-6-10;1-7-6-10(13)12-11-8(7)4-3-5-9(11)14-2/h2-9,15H,1H3;3-6H,1-2H3,(H,12,13). The van der Waals surface area contributed by atoms with Crippen LogP contribution in [-0.4, -0.2) is 30.1 Å². The molecule has 158 valence electrons. The van der Waals surface area contributed by atoms with Crippen LogP contribution < -0.4 is 15.0 Å². The summed E-state index contributed by atoms with van der Waals surface area (Å²) in [6.07, 6.45) is 0. The van der Waals surface area contributed by atoms with Crippen LogP contribution in [0.4, 0.5) is 0 Å². The number of fused-ring (bicyclic) bond motifs is 1. The van der Waals surface area contributed by atoms with E-state index in [1.165, 1.54) is 13.2 Å². The highest BCUT2D eigenvalue weighted by molar-refractivity contribution is 6.10. The minimum Gasteiger partial charge on any atom is -0.507 e. The van der Waals surface area contributed by atoms with Crippen molar-refractivity contribution in [2.24, 2.45) is 0 Å². The Balaban J connectivity index is 0.000000179. The first-order chi connectivity index (χ1) is 14.9. The molecule has 0 amide bonds. The number of aromatic hydroxyl groups is 1. The lowest BCUT2D eigenvalue weighted by Gasteiger charge is -2.06. The Kier molecular flexibility index (Phi) is 6.72. The molecule has 0 saturated heterocycles. The molecule has 0 spiro atoms. The number of aromatic amines is 1. The van der Waals surface area contributed by atoms with E-state index in [-0.39, 0.29) is 22.7 Å². The van der Waals surface area contributed by atoms with Crippen LogP contribution in [0.25, 0.3) is 10.9 Å². The highest BCUT2D eigenvalue weighted by Crippen LogP contribution is 2.26. The van der Waals surface area contributed by atoms with Crippen molar-refractivity contribution in [3.8, 4) is 17.2 Å². The number of pyridine rings is 1. The van der Waals surface area contributed by atoms with Crippen LogP contribution in [0.5, 0.6) is 17.2 Å². The molecule has 0 aliphatic carbocycles. The molecule has 0 radical (unpaired) electrons. The van der Waals surface area contributed by atoms with Gasteiger partial charge in [-0.25, -0.2) is 0 Å². The maximum absolute atomic E-state index is 12.1. The molecule has 1 heterocycles. The third kappa shape index (κ3) is 4.93. The van der Waals surface area contributed by atoms with E-state index in [0.29, 0.717) is 17.1 Å². The smallest absolute Gasteiger partial charge is 0.248 e. The van der Waals surface area contributed by atoms with E-state index in [2.05, 4.69) is 4.98 Å². The van der Waals surface area contributed by atoms with E-state index in [0.717, 1.165) is 16.5 Å². The Labute approximate surface area is 179 Å². The summed E-state index contributed by atoms with van der Waals surface area (Å²) in [5.41, 5.74) is 2.45. The molecule has 0 saturated carbocycles. The molecule has 3 aromatic carbocycles. The molecule has 1 aromatic heterocycles. The van der Waals surface area contributed by atoms with Crippen molar-refractivity contribution < 1.29 is 19.4 Å². The van der Waals surface area contributed by atoms with Crippen molar-refractivity contribution in [2.45, 2.75) is 6.92 Å². The summed E-state index contributed by atoms with van der Waals surface area (Å²) in [5, 5.41) is 10.8. The molecular weight excluding hydrogens is 394 g/mol. The Morgan fingerprint density at radius 3 is 2.29 bits per heavy atom. The zero-order valence-corrected chi connectivity index (χ0v) is 17.5. The Morgan fingerprint density at radius 1 is 0.903 bits per heavy atom. The first kappa shape index (κ1) is 21.6.